The first-order chi connectivity index (χ1) is 13.7. The van der Waals surface area contributed by atoms with E-state index in [0.717, 1.165) is 5.70 Å². The van der Waals surface area contributed by atoms with Gasteiger partial charge in [0.05, 0.1) is 6.54 Å². The lowest BCUT2D eigenvalue weighted by atomic mass is 10.1. The molecule has 0 radical (unpaired) electrons. The van der Waals surface area contributed by atoms with Crippen molar-refractivity contribution in [1.82, 2.24) is 15.2 Å². The van der Waals surface area contributed by atoms with Crippen LogP contribution in [0.25, 0.3) is 0 Å². The van der Waals surface area contributed by atoms with Crippen molar-refractivity contribution in [3.05, 3.63) is 59.6 Å². The fraction of sp³-hybridized carbons (Fsp3) is 0.409. The predicted molar refractivity (Wildman–Crippen MR) is 115 cm³/mol. The van der Waals surface area contributed by atoms with Crippen LogP contribution in [-0.2, 0) is 16.1 Å². The third kappa shape index (κ3) is 7.18. The van der Waals surface area contributed by atoms with E-state index in [2.05, 4.69) is 23.7 Å². The van der Waals surface area contributed by atoms with Crippen molar-refractivity contribution in [3.63, 3.8) is 0 Å². The second-order valence-electron chi connectivity index (χ2n) is 6.89. The van der Waals surface area contributed by atoms with Gasteiger partial charge in [-0.25, -0.2) is 4.39 Å². The molecule has 2 amide bonds. The fourth-order valence-corrected chi connectivity index (χ4v) is 2.79. The summed E-state index contributed by atoms with van der Waals surface area (Å²) in [5.74, 6) is -0.950. The van der Waals surface area contributed by atoms with E-state index in [4.69, 9.17) is 0 Å². The average Bonchev–Trinajstić information content (AvgIpc) is 2.69. The van der Waals surface area contributed by atoms with Crippen molar-refractivity contribution in [2.24, 2.45) is 5.10 Å². The number of nitrogens with zero attached hydrogens (tertiary/aromatic N) is 3. The van der Waals surface area contributed by atoms with E-state index >= 15 is 0 Å². The minimum Gasteiger partial charge on any atom is -0.350 e. The molecule has 0 fully saturated rings. The van der Waals surface area contributed by atoms with Crippen molar-refractivity contribution >= 4 is 18.5 Å². The summed E-state index contributed by atoms with van der Waals surface area (Å²) in [5.41, 5.74) is 1.73. The molecular weight excluding hydrogens is 371 g/mol. The van der Waals surface area contributed by atoms with Crippen LogP contribution in [0.1, 0.15) is 38.3 Å². The molecule has 0 aliphatic rings. The average molecular weight is 403 g/mol. The number of benzene rings is 1. The van der Waals surface area contributed by atoms with Crippen LogP contribution in [0.3, 0.4) is 0 Å². The molecule has 1 aromatic carbocycles. The highest BCUT2D eigenvalue weighted by Gasteiger charge is 2.23. The van der Waals surface area contributed by atoms with E-state index in [0.29, 0.717) is 17.5 Å². The summed E-state index contributed by atoms with van der Waals surface area (Å²) in [6.07, 6.45) is 4.05. The number of halogens is 1. The van der Waals surface area contributed by atoms with Gasteiger partial charge in [0.1, 0.15) is 12.4 Å². The van der Waals surface area contributed by atoms with E-state index in [9.17, 15) is 14.0 Å². The number of hydrogen-bond acceptors (Lipinski definition) is 4. The first-order valence-electron chi connectivity index (χ1n) is 9.61. The van der Waals surface area contributed by atoms with Gasteiger partial charge >= 0.3 is 0 Å². The molecule has 0 aliphatic carbocycles. The number of hydrazone groups is 1. The summed E-state index contributed by atoms with van der Waals surface area (Å²) in [5, 5.41) is 8.09. The molecule has 0 saturated heterocycles. The van der Waals surface area contributed by atoms with Crippen LogP contribution in [0.5, 0.6) is 0 Å². The number of aryl methyl sites for hydroxylation is 1. The topological polar surface area (TPSA) is 65.0 Å². The zero-order chi connectivity index (χ0) is 22.0. The van der Waals surface area contributed by atoms with Gasteiger partial charge in [-0.1, -0.05) is 37.8 Å². The van der Waals surface area contributed by atoms with Crippen molar-refractivity contribution in [2.45, 2.75) is 46.7 Å². The highest BCUT2D eigenvalue weighted by molar-refractivity contribution is 5.86. The molecule has 29 heavy (non-hydrogen) atoms. The van der Waals surface area contributed by atoms with Crippen molar-refractivity contribution in [1.29, 1.82) is 0 Å². The quantitative estimate of drug-likeness (QED) is 0.351. The van der Waals surface area contributed by atoms with Crippen LogP contribution in [-0.4, -0.2) is 47.6 Å². The Morgan fingerprint density at radius 3 is 2.55 bits per heavy atom. The second-order valence-corrected chi connectivity index (χ2v) is 6.89. The zero-order valence-corrected chi connectivity index (χ0v) is 17.7. The van der Waals surface area contributed by atoms with Gasteiger partial charge in [0.2, 0.25) is 11.8 Å². The number of carbonyl (C=O) groups excluding carboxylic acids is 2. The van der Waals surface area contributed by atoms with E-state index in [1.54, 1.807) is 37.3 Å². The van der Waals surface area contributed by atoms with Gasteiger partial charge in [-0.05, 0) is 38.8 Å². The summed E-state index contributed by atoms with van der Waals surface area (Å²) in [4.78, 5) is 26.6. The standard InChI is InChI=1S/C22H31FN4O2/c1-7-10-19(8-2)27(24-6)15-21(29)26(16(3)4)14-20(28)25-13-18-12-9-11-17(5)22(18)23/h7,9-12,16H,1,6,8,13-15H2,2-5H3,(H,25,28)/b19-10+. The SMILES string of the molecule is C=C/C=C(\CC)N(CC(=O)N(CC(=O)NCc1cccc(C)c1F)C(C)C)N=C. The molecule has 158 valence electrons. The Morgan fingerprint density at radius 2 is 2.00 bits per heavy atom. The van der Waals surface area contributed by atoms with Gasteiger partial charge < -0.3 is 10.2 Å². The Kier molecular flexibility index (Phi) is 9.79. The maximum Gasteiger partial charge on any atom is 0.245 e. The van der Waals surface area contributed by atoms with Gasteiger partial charge in [0.15, 0.2) is 0 Å². The lowest BCUT2D eigenvalue weighted by Gasteiger charge is -2.29. The molecule has 0 bridgehead atoms. The smallest absolute Gasteiger partial charge is 0.245 e. The Labute approximate surface area is 172 Å². The van der Waals surface area contributed by atoms with Gasteiger partial charge in [-0.2, -0.15) is 5.10 Å². The molecule has 7 heteroatoms. The molecule has 1 aromatic rings. The number of rotatable bonds is 11. The first kappa shape index (κ1) is 24.1. The predicted octanol–water partition coefficient (Wildman–Crippen LogP) is 3.38. The zero-order valence-electron chi connectivity index (χ0n) is 17.7. The molecule has 1 N–H and O–H groups in total. The highest BCUT2D eigenvalue weighted by atomic mass is 19.1. The van der Waals surface area contributed by atoms with Crippen molar-refractivity contribution < 1.29 is 14.0 Å². The monoisotopic (exact) mass is 402 g/mol. The minimum absolute atomic E-state index is 0.0328. The van der Waals surface area contributed by atoms with E-state index in [1.165, 1.54) is 9.91 Å². The number of allylic oxidation sites excluding steroid dienone is 3. The molecule has 0 atom stereocenters. The number of carbonyl (C=O) groups is 2. The second kappa shape index (κ2) is 11.8. The third-order valence-corrected chi connectivity index (χ3v) is 4.47. The van der Waals surface area contributed by atoms with Crippen LogP contribution < -0.4 is 5.32 Å². The molecular formula is C22H31FN4O2. The van der Waals surface area contributed by atoms with E-state index in [1.807, 2.05) is 20.8 Å². The largest absolute Gasteiger partial charge is 0.350 e. The minimum atomic E-state index is -0.358. The van der Waals surface area contributed by atoms with Crippen LogP contribution in [0.15, 0.2) is 47.7 Å². The lowest BCUT2D eigenvalue weighted by molar-refractivity contribution is -0.138. The fourth-order valence-electron chi connectivity index (χ4n) is 2.79. The maximum absolute atomic E-state index is 14.1. The third-order valence-electron chi connectivity index (χ3n) is 4.47. The molecule has 0 saturated carbocycles. The Balaban J connectivity index is 2.78. The molecule has 0 heterocycles. The Bertz CT molecular complexity index is 774. The molecule has 0 spiro atoms. The van der Waals surface area contributed by atoms with Crippen LogP contribution in [0.2, 0.25) is 0 Å². The summed E-state index contributed by atoms with van der Waals surface area (Å²) >= 11 is 0. The van der Waals surface area contributed by atoms with E-state index < -0.39 is 0 Å². The number of nitrogens with one attached hydrogen (secondary N) is 1. The molecule has 1 rings (SSSR count). The van der Waals surface area contributed by atoms with Crippen LogP contribution in [0, 0.1) is 12.7 Å². The van der Waals surface area contributed by atoms with Gasteiger partial charge in [-0.3, -0.25) is 14.6 Å². The van der Waals surface area contributed by atoms with Crippen LogP contribution in [0.4, 0.5) is 4.39 Å². The van der Waals surface area contributed by atoms with Crippen LogP contribution >= 0.6 is 0 Å². The van der Waals surface area contributed by atoms with E-state index in [-0.39, 0.29) is 43.3 Å². The lowest BCUT2D eigenvalue weighted by Crippen LogP contribution is -2.47. The molecule has 6 nitrogen and oxygen atoms in total. The van der Waals surface area contributed by atoms with Gasteiger partial charge in [0, 0.05) is 30.6 Å². The molecule has 0 aliphatic heterocycles. The van der Waals surface area contributed by atoms with Crippen molar-refractivity contribution in [2.75, 3.05) is 13.1 Å². The molecule has 0 unspecified atom stereocenters. The normalized spacial score (nSPS) is 11.2. The maximum atomic E-state index is 14.1. The summed E-state index contributed by atoms with van der Waals surface area (Å²) in [6, 6.07) is 4.84. The number of amides is 2. The summed E-state index contributed by atoms with van der Waals surface area (Å²) in [6.45, 7) is 14.4. The Hall–Kier alpha value is -2.96. The van der Waals surface area contributed by atoms with Crippen molar-refractivity contribution in [3.8, 4) is 0 Å². The highest BCUT2D eigenvalue weighted by Crippen LogP contribution is 2.12. The number of hydrogen-bond donors (Lipinski definition) is 1. The molecule has 0 aromatic heterocycles. The Morgan fingerprint density at radius 1 is 1.31 bits per heavy atom. The van der Waals surface area contributed by atoms with Gasteiger partial charge in [0.25, 0.3) is 0 Å². The summed E-state index contributed by atoms with van der Waals surface area (Å²) in [7, 11) is 0. The van der Waals surface area contributed by atoms with Gasteiger partial charge in [-0.15, -0.1) is 0 Å². The summed E-state index contributed by atoms with van der Waals surface area (Å²) < 4.78 is 14.1. The first-order valence-corrected chi connectivity index (χ1v) is 9.61.